The summed E-state index contributed by atoms with van der Waals surface area (Å²) >= 11 is 0. The van der Waals surface area contributed by atoms with Gasteiger partial charge in [0.05, 0.1) is 6.54 Å². The number of carbonyl (C=O) groups excluding carboxylic acids is 1. The van der Waals surface area contributed by atoms with Crippen molar-refractivity contribution >= 4 is 30.7 Å². The van der Waals surface area contributed by atoms with Crippen LogP contribution in [0.2, 0.25) is 0 Å². The molecule has 0 bridgehead atoms. The van der Waals surface area contributed by atoms with Crippen LogP contribution in [0.5, 0.6) is 0 Å². The molecule has 2 N–H and O–H groups in total. The van der Waals surface area contributed by atoms with Gasteiger partial charge < -0.3 is 10.6 Å². The maximum Gasteiger partial charge on any atom is 0.234 e. The zero-order valence-electron chi connectivity index (χ0n) is 11.2. The third kappa shape index (κ3) is 7.93. The van der Waals surface area contributed by atoms with Gasteiger partial charge in [0.15, 0.2) is 0 Å². The summed E-state index contributed by atoms with van der Waals surface area (Å²) in [6.07, 6.45) is 3.22. The third-order valence-electron chi connectivity index (χ3n) is 2.93. The number of nitrogens with zero attached hydrogens (tertiary/aromatic N) is 1. The summed E-state index contributed by atoms with van der Waals surface area (Å²) < 4.78 is 0. The van der Waals surface area contributed by atoms with Gasteiger partial charge in [0.25, 0.3) is 0 Å². The largest absolute Gasteiger partial charge is 0.351 e. The van der Waals surface area contributed by atoms with Crippen LogP contribution in [-0.4, -0.2) is 50.1 Å². The van der Waals surface area contributed by atoms with Crippen molar-refractivity contribution in [1.29, 1.82) is 0 Å². The Bertz CT molecular complexity index is 256. The minimum absolute atomic E-state index is 0. The van der Waals surface area contributed by atoms with E-state index < -0.39 is 0 Å². The van der Waals surface area contributed by atoms with Crippen molar-refractivity contribution in [3.63, 3.8) is 0 Å². The Labute approximate surface area is 122 Å². The van der Waals surface area contributed by atoms with Crippen LogP contribution in [0, 0.1) is 0 Å². The zero-order chi connectivity index (χ0) is 11.8. The predicted octanol–water partition coefficient (Wildman–Crippen LogP) is 1.21. The molecule has 1 rings (SSSR count). The molecule has 0 aromatic carbocycles. The number of halogens is 2. The van der Waals surface area contributed by atoms with E-state index in [0.717, 1.165) is 32.6 Å². The highest BCUT2D eigenvalue weighted by molar-refractivity contribution is 5.85. The maximum absolute atomic E-state index is 11.6. The van der Waals surface area contributed by atoms with Crippen molar-refractivity contribution in [2.45, 2.75) is 20.3 Å². The Morgan fingerprint density at radius 3 is 2.56 bits per heavy atom. The van der Waals surface area contributed by atoms with Crippen molar-refractivity contribution in [1.82, 2.24) is 15.5 Å². The lowest BCUT2D eigenvalue weighted by molar-refractivity contribution is -0.122. The van der Waals surface area contributed by atoms with Gasteiger partial charge in [0, 0.05) is 13.1 Å². The SMILES string of the molecule is CCN(CC)CC(=O)NCC1=CCNCC1.Cl.Cl. The van der Waals surface area contributed by atoms with Crippen molar-refractivity contribution in [2.75, 3.05) is 39.3 Å². The standard InChI is InChI=1S/C12H23N3O.2ClH/c1-3-15(4-2)10-12(16)14-9-11-5-7-13-8-6-11;;/h5,13H,3-4,6-10H2,1-2H3,(H,14,16);2*1H. The number of carbonyl (C=O) groups is 1. The van der Waals surface area contributed by atoms with Crippen molar-refractivity contribution in [3.8, 4) is 0 Å². The fourth-order valence-electron chi connectivity index (χ4n) is 1.75. The number of likely N-dealkylation sites (N-methyl/N-ethyl adjacent to an activating group) is 1. The highest BCUT2D eigenvalue weighted by Gasteiger charge is 2.08. The Morgan fingerprint density at radius 2 is 2.06 bits per heavy atom. The van der Waals surface area contributed by atoms with Gasteiger partial charge in [-0.1, -0.05) is 25.5 Å². The topological polar surface area (TPSA) is 44.4 Å². The average molecular weight is 298 g/mol. The fraction of sp³-hybridized carbons (Fsp3) is 0.750. The van der Waals surface area contributed by atoms with E-state index in [1.165, 1.54) is 5.57 Å². The molecule has 0 aromatic heterocycles. The summed E-state index contributed by atoms with van der Waals surface area (Å²) in [5.74, 6) is 0.128. The van der Waals surface area contributed by atoms with Gasteiger partial charge in [0.2, 0.25) is 5.91 Å². The highest BCUT2D eigenvalue weighted by Crippen LogP contribution is 2.01. The van der Waals surface area contributed by atoms with Crippen molar-refractivity contribution < 1.29 is 4.79 Å². The Kier molecular flexibility index (Phi) is 13.1. The molecule has 6 heteroatoms. The van der Waals surface area contributed by atoms with Gasteiger partial charge in [-0.2, -0.15) is 0 Å². The smallest absolute Gasteiger partial charge is 0.234 e. The van der Waals surface area contributed by atoms with Crippen LogP contribution in [0.15, 0.2) is 11.6 Å². The molecule has 1 amide bonds. The van der Waals surface area contributed by atoms with E-state index in [0.29, 0.717) is 13.1 Å². The monoisotopic (exact) mass is 297 g/mol. The van der Waals surface area contributed by atoms with E-state index in [-0.39, 0.29) is 30.7 Å². The number of hydrogen-bond acceptors (Lipinski definition) is 3. The maximum atomic E-state index is 11.6. The third-order valence-corrected chi connectivity index (χ3v) is 2.93. The van der Waals surface area contributed by atoms with Crippen molar-refractivity contribution in [3.05, 3.63) is 11.6 Å². The summed E-state index contributed by atoms with van der Waals surface area (Å²) in [6, 6.07) is 0. The first-order chi connectivity index (χ1) is 7.76. The average Bonchev–Trinajstić information content (AvgIpc) is 2.34. The van der Waals surface area contributed by atoms with E-state index in [1.807, 2.05) is 0 Å². The lowest BCUT2D eigenvalue weighted by atomic mass is 10.1. The number of rotatable bonds is 6. The number of amides is 1. The molecule has 0 radical (unpaired) electrons. The van der Waals surface area contributed by atoms with E-state index in [9.17, 15) is 4.79 Å². The molecule has 1 aliphatic heterocycles. The van der Waals surface area contributed by atoms with Gasteiger partial charge >= 0.3 is 0 Å². The second-order valence-electron chi connectivity index (χ2n) is 4.05. The van der Waals surface area contributed by atoms with Gasteiger partial charge in [0.1, 0.15) is 0 Å². The lowest BCUT2D eigenvalue weighted by Gasteiger charge is -2.18. The first-order valence-electron chi connectivity index (χ1n) is 6.14. The minimum Gasteiger partial charge on any atom is -0.351 e. The van der Waals surface area contributed by atoms with Crippen LogP contribution in [-0.2, 0) is 4.79 Å². The molecule has 0 saturated carbocycles. The van der Waals surface area contributed by atoms with Crippen molar-refractivity contribution in [2.24, 2.45) is 0 Å². The zero-order valence-corrected chi connectivity index (χ0v) is 12.8. The molecule has 0 aliphatic carbocycles. The first kappa shape index (κ1) is 20.0. The molecular weight excluding hydrogens is 273 g/mol. The molecule has 0 unspecified atom stereocenters. The Morgan fingerprint density at radius 1 is 1.39 bits per heavy atom. The van der Waals surface area contributed by atoms with E-state index in [4.69, 9.17) is 0 Å². The molecule has 0 saturated heterocycles. The molecule has 0 aromatic rings. The second kappa shape index (κ2) is 11.8. The summed E-state index contributed by atoms with van der Waals surface area (Å²) in [4.78, 5) is 13.7. The normalized spacial score (nSPS) is 14.3. The van der Waals surface area contributed by atoms with Gasteiger partial charge in [-0.25, -0.2) is 0 Å². The molecule has 18 heavy (non-hydrogen) atoms. The van der Waals surface area contributed by atoms with Gasteiger partial charge in [-0.15, -0.1) is 24.8 Å². The van der Waals surface area contributed by atoms with Crippen LogP contribution in [0.1, 0.15) is 20.3 Å². The number of nitrogens with one attached hydrogen (secondary N) is 2. The van der Waals surface area contributed by atoms with Gasteiger partial charge in [-0.3, -0.25) is 9.69 Å². The predicted molar refractivity (Wildman–Crippen MR) is 80.9 cm³/mol. The molecule has 4 nitrogen and oxygen atoms in total. The first-order valence-corrected chi connectivity index (χ1v) is 6.14. The summed E-state index contributed by atoms with van der Waals surface area (Å²) in [5.41, 5.74) is 1.34. The summed E-state index contributed by atoms with van der Waals surface area (Å²) in [5, 5.41) is 6.23. The van der Waals surface area contributed by atoms with Crippen LogP contribution < -0.4 is 10.6 Å². The fourth-order valence-corrected chi connectivity index (χ4v) is 1.75. The number of hydrogen-bond donors (Lipinski definition) is 2. The van der Waals surface area contributed by atoms with Crippen LogP contribution in [0.3, 0.4) is 0 Å². The molecule has 0 fully saturated rings. The molecule has 0 spiro atoms. The van der Waals surface area contributed by atoms with E-state index >= 15 is 0 Å². The summed E-state index contributed by atoms with van der Waals surface area (Å²) in [6.45, 7) is 9.19. The quantitative estimate of drug-likeness (QED) is 0.725. The van der Waals surface area contributed by atoms with Crippen LogP contribution in [0.25, 0.3) is 0 Å². The molecule has 0 atom stereocenters. The van der Waals surface area contributed by atoms with E-state index in [1.54, 1.807) is 0 Å². The van der Waals surface area contributed by atoms with Gasteiger partial charge in [-0.05, 0) is 26.1 Å². The lowest BCUT2D eigenvalue weighted by Crippen LogP contribution is -2.38. The summed E-state index contributed by atoms with van der Waals surface area (Å²) in [7, 11) is 0. The highest BCUT2D eigenvalue weighted by atomic mass is 35.5. The minimum atomic E-state index is 0. The van der Waals surface area contributed by atoms with E-state index in [2.05, 4.69) is 35.5 Å². The second-order valence-corrected chi connectivity index (χ2v) is 4.05. The molecule has 108 valence electrons. The molecule has 1 heterocycles. The molecule has 1 aliphatic rings. The molecular formula is C12H25Cl2N3O. The Balaban J connectivity index is 0. The Hall–Kier alpha value is -0.290. The van der Waals surface area contributed by atoms with Crippen LogP contribution in [0.4, 0.5) is 0 Å². The van der Waals surface area contributed by atoms with Crippen LogP contribution >= 0.6 is 24.8 Å².